The number of rotatable bonds is 13. The second kappa shape index (κ2) is 13.0. The first-order chi connectivity index (χ1) is 18.3. The molecule has 7 heteroatoms. The molecule has 0 spiro atoms. The van der Waals surface area contributed by atoms with Crippen molar-refractivity contribution in [2.24, 2.45) is 0 Å². The number of fused-ring (bicyclic) bond motifs is 2. The van der Waals surface area contributed by atoms with Crippen LogP contribution in [0.4, 0.5) is 0 Å². The molecule has 6 nitrogen and oxygen atoms in total. The topological polar surface area (TPSA) is 73.5 Å². The first-order valence-corrected chi connectivity index (χ1v) is 14.0. The molecule has 0 amide bonds. The van der Waals surface area contributed by atoms with Crippen molar-refractivity contribution in [2.45, 2.75) is 63.7 Å². The Bertz CT molecular complexity index is 1180. The normalized spacial score (nSPS) is 14.9. The van der Waals surface area contributed by atoms with E-state index in [1.54, 1.807) is 12.7 Å². The van der Waals surface area contributed by atoms with Crippen LogP contribution in [-0.2, 0) is 25.7 Å². The van der Waals surface area contributed by atoms with Crippen molar-refractivity contribution >= 4 is 11.6 Å². The van der Waals surface area contributed by atoms with E-state index < -0.39 is 0 Å². The van der Waals surface area contributed by atoms with Gasteiger partial charge in [-0.15, -0.1) is 0 Å². The molecular formula is C30H37ClN6. The number of aromatic amines is 2. The molecule has 1 unspecified atom stereocenters. The van der Waals surface area contributed by atoms with Crippen LogP contribution in [0.5, 0.6) is 0 Å². The van der Waals surface area contributed by atoms with E-state index in [1.165, 1.54) is 35.2 Å². The molecule has 194 valence electrons. The van der Waals surface area contributed by atoms with Crippen molar-refractivity contribution < 1.29 is 0 Å². The van der Waals surface area contributed by atoms with Crippen molar-refractivity contribution in [1.82, 2.24) is 29.8 Å². The number of unbranched alkanes of at least 4 members (excludes halogenated alkanes) is 2. The van der Waals surface area contributed by atoms with Crippen molar-refractivity contribution in [3.63, 3.8) is 0 Å². The molecule has 3 aromatic heterocycles. The Morgan fingerprint density at radius 3 is 2.19 bits per heavy atom. The van der Waals surface area contributed by atoms with E-state index in [9.17, 15) is 0 Å². The maximum absolute atomic E-state index is 6.40. The van der Waals surface area contributed by atoms with E-state index in [0.29, 0.717) is 5.92 Å². The molecule has 37 heavy (non-hydrogen) atoms. The van der Waals surface area contributed by atoms with Gasteiger partial charge >= 0.3 is 0 Å². The number of aromatic nitrogens is 5. The number of imidazole rings is 2. The van der Waals surface area contributed by atoms with Crippen LogP contribution in [0.3, 0.4) is 0 Å². The average molecular weight is 517 g/mol. The molecule has 0 fully saturated rings. The summed E-state index contributed by atoms with van der Waals surface area (Å²) < 4.78 is 0. The third-order valence-corrected chi connectivity index (χ3v) is 7.79. The van der Waals surface area contributed by atoms with Gasteiger partial charge in [-0.3, -0.25) is 4.98 Å². The summed E-state index contributed by atoms with van der Waals surface area (Å²) in [7, 11) is 0. The van der Waals surface area contributed by atoms with Gasteiger partial charge in [0.2, 0.25) is 0 Å². The van der Waals surface area contributed by atoms with Crippen molar-refractivity contribution in [3.8, 4) is 0 Å². The number of H-pyrrole nitrogens is 2. The largest absolute Gasteiger partial charge is 0.351 e. The molecule has 0 bridgehead atoms. The van der Waals surface area contributed by atoms with E-state index in [0.717, 1.165) is 81.0 Å². The van der Waals surface area contributed by atoms with Gasteiger partial charge in [0, 0.05) is 29.5 Å². The number of pyridine rings is 1. The highest BCUT2D eigenvalue weighted by molar-refractivity contribution is 6.30. The van der Waals surface area contributed by atoms with Gasteiger partial charge in [-0.2, -0.15) is 0 Å². The molecule has 5 rings (SSSR count). The Morgan fingerprint density at radius 1 is 0.811 bits per heavy atom. The van der Waals surface area contributed by atoms with E-state index in [2.05, 4.69) is 49.1 Å². The van der Waals surface area contributed by atoms with E-state index in [-0.39, 0.29) is 0 Å². The average Bonchev–Trinajstić information content (AvgIpc) is 3.61. The summed E-state index contributed by atoms with van der Waals surface area (Å²) in [4.78, 5) is 22.4. The van der Waals surface area contributed by atoms with Crippen LogP contribution in [0.25, 0.3) is 0 Å². The summed E-state index contributed by atoms with van der Waals surface area (Å²) in [6.07, 6.45) is 19.4. The van der Waals surface area contributed by atoms with Crippen molar-refractivity contribution in [3.05, 3.63) is 100 Å². The Hall–Kier alpha value is -2.96. The molecule has 3 heterocycles. The molecule has 1 atom stereocenters. The third-order valence-electron chi connectivity index (χ3n) is 7.56. The number of aryl methyl sites for hydroxylation is 4. The van der Waals surface area contributed by atoms with Gasteiger partial charge in [0.25, 0.3) is 0 Å². The molecule has 4 aromatic rings. The maximum Gasteiger partial charge on any atom is 0.0923 e. The van der Waals surface area contributed by atoms with Gasteiger partial charge in [0.1, 0.15) is 0 Å². The number of benzene rings is 1. The lowest BCUT2D eigenvalue weighted by atomic mass is 9.88. The van der Waals surface area contributed by atoms with Gasteiger partial charge < -0.3 is 14.9 Å². The van der Waals surface area contributed by atoms with Crippen LogP contribution < -0.4 is 0 Å². The Kier molecular flexibility index (Phi) is 9.04. The lowest BCUT2D eigenvalue weighted by Gasteiger charge is -2.26. The van der Waals surface area contributed by atoms with Crippen LogP contribution >= 0.6 is 11.6 Å². The molecular weight excluding hydrogens is 480 g/mol. The zero-order valence-electron chi connectivity index (χ0n) is 21.5. The van der Waals surface area contributed by atoms with Gasteiger partial charge in [0.05, 0.1) is 29.7 Å². The zero-order chi connectivity index (χ0) is 25.3. The van der Waals surface area contributed by atoms with Crippen LogP contribution in [0.2, 0.25) is 5.02 Å². The first kappa shape index (κ1) is 25.7. The molecule has 1 aromatic carbocycles. The summed E-state index contributed by atoms with van der Waals surface area (Å²) in [6.45, 7) is 3.29. The highest BCUT2D eigenvalue weighted by atomic mass is 35.5. The highest BCUT2D eigenvalue weighted by Crippen LogP contribution is 2.36. The minimum Gasteiger partial charge on any atom is -0.351 e. The number of nitrogens with one attached hydrogen (secondary N) is 2. The van der Waals surface area contributed by atoms with Gasteiger partial charge in [-0.05, 0) is 112 Å². The summed E-state index contributed by atoms with van der Waals surface area (Å²) in [5.41, 5.74) is 7.72. The summed E-state index contributed by atoms with van der Waals surface area (Å²) in [6, 6.07) is 10.8. The van der Waals surface area contributed by atoms with Crippen LogP contribution in [-0.4, -0.2) is 49.5 Å². The van der Waals surface area contributed by atoms with Crippen LogP contribution in [0, 0.1) is 0 Å². The SMILES string of the molecule is Clc1ccc2c(c1)CCc1cccnc1C2CCN(CCCCc1c[nH]cn1)CCCCc1c[nH]cn1. The molecule has 2 N–H and O–H groups in total. The second-order valence-corrected chi connectivity index (χ2v) is 10.5. The Labute approximate surface area is 224 Å². The minimum atomic E-state index is 0.307. The first-order valence-electron chi connectivity index (χ1n) is 13.7. The van der Waals surface area contributed by atoms with Gasteiger partial charge in [0.15, 0.2) is 0 Å². The van der Waals surface area contributed by atoms with Crippen LogP contribution in [0.15, 0.2) is 61.6 Å². The Balaban J connectivity index is 1.24. The van der Waals surface area contributed by atoms with Gasteiger partial charge in [-0.25, -0.2) is 9.97 Å². The fourth-order valence-electron chi connectivity index (χ4n) is 5.60. The second-order valence-electron chi connectivity index (χ2n) is 10.1. The summed E-state index contributed by atoms with van der Waals surface area (Å²) >= 11 is 6.40. The minimum absolute atomic E-state index is 0.307. The smallest absolute Gasteiger partial charge is 0.0923 e. The van der Waals surface area contributed by atoms with E-state index in [4.69, 9.17) is 16.6 Å². The summed E-state index contributed by atoms with van der Waals surface area (Å²) in [5.74, 6) is 0.307. The van der Waals surface area contributed by atoms with E-state index in [1.807, 2.05) is 24.7 Å². The zero-order valence-corrected chi connectivity index (χ0v) is 22.3. The van der Waals surface area contributed by atoms with Crippen LogP contribution in [0.1, 0.15) is 71.8 Å². The monoisotopic (exact) mass is 516 g/mol. The summed E-state index contributed by atoms with van der Waals surface area (Å²) in [5, 5.41) is 0.826. The number of hydrogen-bond acceptors (Lipinski definition) is 4. The maximum atomic E-state index is 6.40. The Morgan fingerprint density at radius 2 is 1.51 bits per heavy atom. The van der Waals surface area contributed by atoms with Gasteiger partial charge in [-0.1, -0.05) is 23.7 Å². The number of hydrogen-bond donors (Lipinski definition) is 2. The molecule has 0 aliphatic heterocycles. The molecule has 1 aliphatic carbocycles. The fraction of sp³-hybridized carbons (Fsp3) is 0.433. The van der Waals surface area contributed by atoms with E-state index >= 15 is 0 Å². The highest BCUT2D eigenvalue weighted by Gasteiger charge is 2.25. The standard InChI is InChI=1S/C30H37ClN6/c31-25-11-12-28-24(18-25)10-9-23-6-5-14-34-30(23)29(28)13-17-37(15-3-1-7-26-19-32-21-35-26)16-4-2-8-27-20-33-22-36-27/h5-6,11-12,14,18-22,29H,1-4,7-10,13,15-17H2,(H,32,35)(H,33,36). The van der Waals surface area contributed by atoms with Crippen molar-refractivity contribution in [2.75, 3.05) is 19.6 Å². The fourth-order valence-corrected chi connectivity index (χ4v) is 5.80. The predicted molar refractivity (Wildman–Crippen MR) is 149 cm³/mol. The lowest BCUT2D eigenvalue weighted by molar-refractivity contribution is 0.255. The number of halogens is 1. The number of nitrogens with zero attached hydrogens (tertiary/aromatic N) is 4. The molecule has 0 radical (unpaired) electrons. The van der Waals surface area contributed by atoms with Crippen molar-refractivity contribution in [1.29, 1.82) is 0 Å². The molecule has 0 saturated carbocycles. The molecule has 1 aliphatic rings. The predicted octanol–water partition coefficient (Wildman–Crippen LogP) is 6.15. The lowest BCUT2D eigenvalue weighted by Crippen LogP contribution is -2.29. The quantitative estimate of drug-likeness (QED) is 0.209. The molecule has 0 saturated heterocycles. The third kappa shape index (κ3) is 7.08.